The van der Waals surface area contributed by atoms with Crippen LogP contribution in [0.15, 0.2) is 0 Å². The molecule has 13 heavy (non-hydrogen) atoms. The molecule has 1 aromatic heterocycles. The van der Waals surface area contributed by atoms with Crippen molar-refractivity contribution in [2.45, 2.75) is 25.6 Å². The van der Waals surface area contributed by atoms with Crippen LogP contribution in [-0.2, 0) is 18.7 Å². The lowest BCUT2D eigenvalue weighted by atomic mass is 10.3. The van der Waals surface area contributed by atoms with Gasteiger partial charge in [0.15, 0.2) is 0 Å². The summed E-state index contributed by atoms with van der Waals surface area (Å²) in [6, 6.07) is 0. The molecule has 0 atom stereocenters. The first-order valence-corrected chi connectivity index (χ1v) is 6.63. The van der Waals surface area contributed by atoms with Gasteiger partial charge in [-0.05, 0) is 18.7 Å². The second-order valence-corrected chi connectivity index (χ2v) is 5.33. The van der Waals surface area contributed by atoms with Gasteiger partial charge in [-0.2, -0.15) is 11.8 Å². The molecule has 0 amide bonds. The molecule has 1 N–H and O–H groups in total. The van der Waals surface area contributed by atoms with E-state index in [-0.39, 0.29) is 0 Å². The third kappa shape index (κ3) is 2.24. The van der Waals surface area contributed by atoms with Gasteiger partial charge >= 0.3 is 0 Å². The molecule has 1 aliphatic heterocycles. The number of nitrogens with zero attached hydrogens (tertiary/aromatic N) is 1. The van der Waals surface area contributed by atoms with Crippen molar-refractivity contribution in [3.8, 4) is 0 Å². The largest absolute Gasteiger partial charge is 0.311 e. The molecule has 0 bridgehead atoms. The minimum atomic E-state index is 0.943. The smallest absolute Gasteiger partial charge is 0.107 e. The lowest BCUT2D eigenvalue weighted by Crippen LogP contribution is -2.11. The summed E-state index contributed by atoms with van der Waals surface area (Å²) in [4.78, 5) is 6.13. The van der Waals surface area contributed by atoms with Crippen LogP contribution in [0, 0.1) is 0 Å². The number of aromatic nitrogens is 1. The number of hydrogen-bond donors (Lipinski definition) is 1. The average Bonchev–Trinajstić information content (AvgIpc) is 2.57. The maximum Gasteiger partial charge on any atom is 0.107 e. The minimum Gasteiger partial charge on any atom is -0.311 e. The first kappa shape index (κ1) is 9.49. The van der Waals surface area contributed by atoms with E-state index >= 15 is 0 Å². The maximum atomic E-state index is 4.63. The Morgan fingerprint density at radius 2 is 2.46 bits per heavy atom. The van der Waals surface area contributed by atoms with Crippen LogP contribution in [0.1, 0.15) is 22.5 Å². The number of rotatable bonds is 3. The summed E-state index contributed by atoms with van der Waals surface area (Å²) in [5.74, 6) is 2.43. The number of hydrogen-bond acceptors (Lipinski definition) is 4. The van der Waals surface area contributed by atoms with Crippen LogP contribution in [0.4, 0.5) is 0 Å². The zero-order valence-electron chi connectivity index (χ0n) is 7.80. The van der Waals surface area contributed by atoms with E-state index in [2.05, 4.69) is 17.2 Å². The predicted octanol–water partition coefficient (Wildman–Crippen LogP) is 2.04. The topological polar surface area (TPSA) is 24.9 Å². The average molecular weight is 214 g/mol. The van der Waals surface area contributed by atoms with Crippen LogP contribution in [-0.4, -0.2) is 17.3 Å². The monoisotopic (exact) mass is 214 g/mol. The molecule has 0 radical (unpaired) electrons. The standard InChI is InChI=1S/C9H14N2S2/c1-2-10-5-9-11-7-3-4-12-6-8(7)13-9/h10H,2-6H2,1H3. The first-order valence-electron chi connectivity index (χ1n) is 4.66. The Hall–Kier alpha value is -0.0600. The fourth-order valence-corrected chi connectivity index (χ4v) is 3.59. The van der Waals surface area contributed by atoms with Gasteiger partial charge in [0.2, 0.25) is 0 Å². The van der Waals surface area contributed by atoms with Crippen LogP contribution < -0.4 is 5.32 Å². The van der Waals surface area contributed by atoms with Gasteiger partial charge in [-0.3, -0.25) is 0 Å². The Balaban J connectivity index is 2.07. The SMILES string of the molecule is CCNCc1nc2c(s1)CSCC2. The highest BCUT2D eigenvalue weighted by Gasteiger charge is 2.14. The van der Waals surface area contributed by atoms with Crippen molar-refractivity contribution in [3.63, 3.8) is 0 Å². The van der Waals surface area contributed by atoms with Crippen molar-refractivity contribution < 1.29 is 0 Å². The van der Waals surface area contributed by atoms with E-state index in [0.717, 1.165) is 13.1 Å². The second kappa shape index (κ2) is 4.44. The van der Waals surface area contributed by atoms with Gasteiger partial charge in [0.1, 0.15) is 5.01 Å². The number of nitrogens with one attached hydrogen (secondary N) is 1. The van der Waals surface area contributed by atoms with Gasteiger partial charge in [-0.1, -0.05) is 6.92 Å². The fraction of sp³-hybridized carbons (Fsp3) is 0.667. The van der Waals surface area contributed by atoms with Gasteiger partial charge in [-0.25, -0.2) is 4.98 Å². The third-order valence-electron chi connectivity index (χ3n) is 2.07. The Kier molecular flexibility index (Phi) is 3.24. The minimum absolute atomic E-state index is 0.943. The van der Waals surface area contributed by atoms with E-state index in [9.17, 15) is 0 Å². The van der Waals surface area contributed by atoms with Crippen LogP contribution in [0.25, 0.3) is 0 Å². The molecule has 72 valence electrons. The molecule has 2 heterocycles. The fourth-order valence-electron chi connectivity index (χ4n) is 1.39. The summed E-state index contributed by atoms with van der Waals surface area (Å²) >= 11 is 3.91. The normalized spacial score (nSPS) is 15.8. The highest BCUT2D eigenvalue weighted by molar-refractivity contribution is 7.98. The summed E-state index contributed by atoms with van der Waals surface area (Å²) in [6.07, 6.45) is 1.17. The summed E-state index contributed by atoms with van der Waals surface area (Å²) in [5.41, 5.74) is 1.36. The Bertz CT molecular complexity index is 260. The lowest BCUT2D eigenvalue weighted by Gasteiger charge is -2.06. The Morgan fingerprint density at radius 3 is 3.23 bits per heavy atom. The third-order valence-corrected chi connectivity index (χ3v) is 4.33. The van der Waals surface area contributed by atoms with Crippen LogP contribution in [0.2, 0.25) is 0 Å². The summed E-state index contributed by atoms with van der Waals surface area (Å²) in [6.45, 7) is 4.10. The van der Waals surface area contributed by atoms with Crippen molar-refractivity contribution in [3.05, 3.63) is 15.6 Å². The number of aryl methyl sites for hydroxylation is 1. The molecule has 2 rings (SSSR count). The van der Waals surface area contributed by atoms with E-state index in [1.54, 1.807) is 0 Å². The molecule has 2 nitrogen and oxygen atoms in total. The number of thiazole rings is 1. The highest BCUT2D eigenvalue weighted by atomic mass is 32.2. The molecule has 0 aromatic carbocycles. The molecular weight excluding hydrogens is 200 g/mol. The molecule has 0 fully saturated rings. The van der Waals surface area contributed by atoms with E-state index in [0.29, 0.717) is 0 Å². The molecular formula is C9H14N2S2. The summed E-state index contributed by atoms with van der Waals surface area (Å²) in [7, 11) is 0. The Labute approximate surface area is 87.1 Å². The van der Waals surface area contributed by atoms with Crippen LogP contribution in [0.3, 0.4) is 0 Å². The van der Waals surface area contributed by atoms with Crippen LogP contribution >= 0.6 is 23.1 Å². The van der Waals surface area contributed by atoms with E-state index in [1.807, 2.05) is 23.1 Å². The van der Waals surface area contributed by atoms with Crippen molar-refractivity contribution in [2.24, 2.45) is 0 Å². The van der Waals surface area contributed by atoms with E-state index < -0.39 is 0 Å². The zero-order valence-corrected chi connectivity index (χ0v) is 9.43. The van der Waals surface area contributed by atoms with Crippen molar-refractivity contribution in [1.82, 2.24) is 10.3 Å². The van der Waals surface area contributed by atoms with Gasteiger partial charge < -0.3 is 5.32 Å². The Morgan fingerprint density at radius 1 is 1.54 bits per heavy atom. The maximum absolute atomic E-state index is 4.63. The molecule has 1 aliphatic rings. The molecule has 4 heteroatoms. The number of thioether (sulfide) groups is 1. The predicted molar refractivity (Wildman–Crippen MR) is 59.4 cm³/mol. The molecule has 0 saturated heterocycles. The molecule has 1 aromatic rings. The molecule has 0 unspecified atom stereocenters. The summed E-state index contributed by atoms with van der Waals surface area (Å²) in [5, 5.41) is 4.57. The summed E-state index contributed by atoms with van der Waals surface area (Å²) < 4.78 is 0. The molecule has 0 spiro atoms. The quantitative estimate of drug-likeness (QED) is 0.833. The molecule has 0 saturated carbocycles. The molecule has 0 aliphatic carbocycles. The van der Waals surface area contributed by atoms with Crippen molar-refractivity contribution in [1.29, 1.82) is 0 Å². The van der Waals surface area contributed by atoms with Gasteiger partial charge in [0, 0.05) is 17.2 Å². The lowest BCUT2D eigenvalue weighted by molar-refractivity contribution is 0.720. The zero-order chi connectivity index (χ0) is 9.10. The second-order valence-electron chi connectivity index (χ2n) is 3.06. The highest BCUT2D eigenvalue weighted by Crippen LogP contribution is 2.29. The van der Waals surface area contributed by atoms with E-state index in [1.165, 1.54) is 33.5 Å². The van der Waals surface area contributed by atoms with E-state index in [4.69, 9.17) is 0 Å². The van der Waals surface area contributed by atoms with Gasteiger partial charge in [0.25, 0.3) is 0 Å². The van der Waals surface area contributed by atoms with Gasteiger partial charge in [0.05, 0.1) is 5.69 Å². The van der Waals surface area contributed by atoms with Crippen molar-refractivity contribution in [2.75, 3.05) is 12.3 Å². The van der Waals surface area contributed by atoms with Crippen molar-refractivity contribution >= 4 is 23.1 Å². The van der Waals surface area contributed by atoms with Crippen LogP contribution in [0.5, 0.6) is 0 Å². The number of fused-ring (bicyclic) bond motifs is 1. The van der Waals surface area contributed by atoms with Gasteiger partial charge in [-0.15, -0.1) is 11.3 Å². The first-order chi connectivity index (χ1) is 6.40.